The molecule has 3 aromatic rings. The molecule has 2 heterocycles. The number of nitrogens with one attached hydrogen (secondary N) is 2. The van der Waals surface area contributed by atoms with Gasteiger partial charge < -0.3 is 20.3 Å². The molecular weight excluding hydrogens is 630 g/mol. The summed E-state index contributed by atoms with van der Waals surface area (Å²) in [5.41, 5.74) is 0.882. The number of carbonyl (C=O) groups excluding carboxylic acids is 3. The molecule has 1 aliphatic carbocycles. The molecule has 3 aliphatic rings. The lowest BCUT2D eigenvalue weighted by molar-refractivity contribution is -0.141. The number of ether oxygens (including phenoxy) is 1. The average Bonchev–Trinajstić information content (AvgIpc) is 3.82. The fourth-order valence-corrected chi connectivity index (χ4v) is 7.51. The summed E-state index contributed by atoms with van der Waals surface area (Å²) in [5.74, 6) is -2.61. The highest BCUT2D eigenvalue weighted by molar-refractivity contribution is 6.31. The van der Waals surface area contributed by atoms with E-state index in [1.807, 2.05) is 19.1 Å². The van der Waals surface area contributed by atoms with Crippen molar-refractivity contribution in [2.75, 3.05) is 41.8 Å². The lowest BCUT2D eigenvalue weighted by Crippen LogP contribution is -2.56. The Kier molecular flexibility index (Phi) is 9.28. The van der Waals surface area contributed by atoms with E-state index in [0.717, 1.165) is 12.8 Å². The summed E-state index contributed by atoms with van der Waals surface area (Å²) in [4.78, 5) is 44.8. The molecule has 3 fully saturated rings. The Morgan fingerprint density at radius 1 is 1.02 bits per heavy atom. The van der Waals surface area contributed by atoms with E-state index in [1.54, 1.807) is 60.4 Å². The van der Waals surface area contributed by atoms with Gasteiger partial charge in [-0.25, -0.2) is 4.39 Å². The lowest BCUT2D eigenvalue weighted by atomic mass is 9.72. The molecule has 0 bridgehead atoms. The number of hydrogen-bond donors (Lipinski definition) is 2. The summed E-state index contributed by atoms with van der Waals surface area (Å²) in [7, 11) is 0. The van der Waals surface area contributed by atoms with Crippen LogP contribution in [-0.4, -0.2) is 60.5 Å². The molecule has 8 nitrogen and oxygen atoms in total. The largest absolute Gasteiger partial charge is 0.465 e. The molecule has 11 heteroatoms. The molecule has 0 radical (unpaired) electrons. The van der Waals surface area contributed by atoms with Gasteiger partial charge >= 0.3 is 5.97 Å². The summed E-state index contributed by atoms with van der Waals surface area (Å²) < 4.78 is 21.0. The van der Waals surface area contributed by atoms with Crippen LogP contribution in [0.1, 0.15) is 44.6 Å². The van der Waals surface area contributed by atoms with Crippen LogP contribution in [-0.2, 0) is 19.1 Å². The van der Waals surface area contributed by atoms with Gasteiger partial charge in [0.25, 0.3) is 0 Å². The highest BCUT2D eigenvalue weighted by Crippen LogP contribution is 2.55. The van der Waals surface area contributed by atoms with Gasteiger partial charge in [-0.1, -0.05) is 41.4 Å². The third-order valence-electron chi connectivity index (χ3n) is 9.51. The third kappa shape index (κ3) is 6.20. The van der Waals surface area contributed by atoms with E-state index >= 15 is 4.39 Å². The van der Waals surface area contributed by atoms with E-state index in [9.17, 15) is 14.4 Å². The molecular formula is C35H37Cl2FN4O4. The van der Waals surface area contributed by atoms with Crippen LogP contribution in [0.5, 0.6) is 0 Å². The summed E-state index contributed by atoms with van der Waals surface area (Å²) in [6.45, 7) is 4.99. The summed E-state index contributed by atoms with van der Waals surface area (Å²) in [5, 5.41) is 6.49. The van der Waals surface area contributed by atoms with Gasteiger partial charge in [-0.3, -0.25) is 19.3 Å². The van der Waals surface area contributed by atoms with Crippen LogP contribution >= 0.6 is 23.2 Å². The molecule has 2 saturated heterocycles. The van der Waals surface area contributed by atoms with Crippen LogP contribution in [0.25, 0.3) is 0 Å². The topological polar surface area (TPSA) is 91.0 Å². The van der Waals surface area contributed by atoms with Crippen LogP contribution in [0.3, 0.4) is 0 Å². The molecule has 6 rings (SSSR count). The van der Waals surface area contributed by atoms with Crippen molar-refractivity contribution in [3.05, 3.63) is 88.2 Å². The first-order chi connectivity index (χ1) is 22.1. The summed E-state index contributed by atoms with van der Waals surface area (Å²) in [6, 6.07) is 18.7. The number of likely N-dealkylation sites (tertiary alicyclic amines) is 1. The average molecular weight is 668 g/mol. The Bertz CT molecular complexity index is 1640. The molecule has 3 aromatic carbocycles. The number of anilines is 3. The predicted octanol–water partition coefficient (Wildman–Crippen LogP) is 6.74. The van der Waals surface area contributed by atoms with Gasteiger partial charge in [0.05, 0.1) is 17.5 Å². The van der Waals surface area contributed by atoms with Crippen molar-refractivity contribution in [1.29, 1.82) is 0 Å². The maximum atomic E-state index is 16.0. The SMILES string of the molecule is CCOC(=O)CNc1ccc(N2CC[C@H]3[C@@H](C2=O)[C@H](c2cccc(Cl)c2F)[C@](C)(C(=O)Nc2cccc(Cl)c2)N3CC2CC2)cc1. The van der Waals surface area contributed by atoms with Crippen molar-refractivity contribution in [3.8, 4) is 0 Å². The maximum Gasteiger partial charge on any atom is 0.325 e. The Hall–Kier alpha value is -3.66. The van der Waals surface area contributed by atoms with Crippen LogP contribution in [0.4, 0.5) is 21.5 Å². The van der Waals surface area contributed by atoms with Crippen LogP contribution < -0.4 is 15.5 Å². The van der Waals surface area contributed by atoms with E-state index in [2.05, 4.69) is 15.5 Å². The van der Waals surface area contributed by atoms with Gasteiger partial charge in [0.2, 0.25) is 11.8 Å². The minimum atomic E-state index is -1.28. The van der Waals surface area contributed by atoms with E-state index in [4.69, 9.17) is 27.9 Å². The van der Waals surface area contributed by atoms with Gasteiger partial charge in [-0.15, -0.1) is 0 Å². The van der Waals surface area contributed by atoms with E-state index in [0.29, 0.717) is 54.1 Å². The van der Waals surface area contributed by atoms with E-state index < -0.39 is 23.2 Å². The second-order valence-corrected chi connectivity index (χ2v) is 13.2. The van der Waals surface area contributed by atoms with Gasteiger partial charge in [-0.2, -0.15) is 0 Å². The number of halogens is 3. The number of amides is 2. The zero-order valence-electron chi connectivity index (χ0n) is 25.8. The molecule has 0 aromatic heterocycles. The number of fused-ring (bicyclic) bond motifs is 1. The quantitative estimate of drug-likeness (QED) is 0.233. The Morgan fingerprint density at radius 3 is 2.46 bits per heavy atom. The van der Waals surface area contributed by atoms with Gasteiger partial charge in [0.15, 0.2) is 0 Å². The van der Waals surface area contributed by atoms with Gasteiger partial charge in [0, 0.05) is 47.1 Å². The first kappa shape index (κ1) is 32.3. The van der Waals surface area contributed by atoms with Crippen molar-refractivity contribution < 1.29 is 23.5 Å². The fourth-order valence-electron chi connectivity index (χ4n) is 7.14. The number of benzene rings is 3. The number of piperidine rings is 1. The maximum absolute atomic E-state index is 16.0. The van der Waals surface area contributed by atoms with Crippen molar-refractivity contribution in [1.82, 2.24) is 4.90 Å². The van der Waals surface area contributed by atoms with Crippen molar-refractivity contribution >= 4 is 58.0 Å². The molecule has 2 aliphatic heterocycles. The molecule has 2 amide bonds. The van der Waals surface area contributed by atoms with Crippen molar-refractivity contribution in [3.63, 3.8) is 0 Å². The van der Waals surface area contributed by atoms with E-state index in [1.165, 1.54) is 6.07 Å². The predicted molar refractivity (Wildman–Crippen MR) is 178 cm³/mol. The van der Waals surface area contributed by atoms with E-state index in [-0.39, 0.29) is 41.0 Å². The minimum absolute atomic E-state index is 0.0269. The summed E-state index contributed by atoms with van der Waals surface area (Å²) in [6.07, 6.45) is 2.70. The second-order valence-electron chi connectivity index (χ2n) is 12.4. The Balaban J connectivity index is 1.37. The smallest absolute Gasteiger partial charge is 0.325 e. The number of rotatable bonds is 10. The van der Waals surface area contributed by atoms with Crippen LogP contribution in [0, 0.1) is 17.7 Å². The minimum Gasteiger partial charge on any atom is -0.465 e. The zero-order valence-corrected chi connectivity index (χ0v) is 27.3. The Labute approximate surface area is 278 Å². The molecule has 2 N–H and O–H groups in total. The molecule has 0 spiro atoms. The monoisotopic (exact) mass is 666 g/mol. The molecule has 46 heavy (non-hydrogen) atoms. The molecule has 1 saturated carbocycles. The van der Waals surface area contributed by atoms with Gasteiger partial charge in [-0.05, 0) is 93.1 Å². The first-order valence-corrected chi connectivity index (χ1v) is 16.5. The fraction of sp³-hybridized carbons (Fsp3) is 0.400. The normalized spacial score (nSPS) is 24.4. The molecule has 4 atom stereocenters. The lowest BCUT2D eigenvalue weighted by Gasteiger charge is -2.40. The van der Waals surface area contributed by atoms with Crippen molar-refractivity contribution in [2.24, 2.45) is 11.8 Å². The van der Waals surface area contributed by atoms with Crippen LogP contribution in [0.15, 0.2) is 66.7 Å². The zero-order chi connectivity index (χ0) is 32.6. The standard InChI is InChI=1S/C35H37Cl2FN4O4/c1-3-46-29(43)19-39-23-12-14-25(15-13-23)41-17-16-28-30(33(41)44)31(26-8-5-9-27(37)32(26)38)35(2,42(28)20-21-10-11-21)34(45)40-24-7-4-6-22(36)18-24/h4-9,12-15,18,21,28,30-31,39H,3,10-11,16-17,19-20H2,1-2H3,(H,40,45)/t28-,30+,31-,35+/m0/s1. The molecule has 0 unspecified atom stereocenters. The highest BCUT2D eigenvalue weighted by Gasteiger charge is 2.65. The third-order valence-corrected chi connectivity index (χ3v) is 10.0. The van der Waals surface area contributed by atoms with Gasteiger partial charge in [0.1, 0.15) is 17.9 Å². The van der Waals surface area contributed by atoms with Crippen molar-refractivity contribution in [2.45, 2.75) is 50.6 Å². The number of carbonyl (C=O) groups is 3. The highest BCUT2D eigenvalue weighted by atomic mass is 35.5. The van der Waals surface area contributed by atoms with Crippen LogP contribution in [0.2, 0.25) is 10.0 Å². The number of hydrogen-bond acceptors (Lipinski definition) is 6. The Morgan fingerprint density at radius 2 is 1.76 bits per heavy atom. The second kappa shape index (κ2) is 13.2. The summed E-state index contributed by atoms with van der Waals surface area (Å²) >= 11 is 12.6. The number of nitrogens with zero attached hydrogens (tertiary/aromatic N) is 2. The number of esters is 1. The molecule has 242 valence electrons. The first-order valence-electron chi connectivity index (χ1n) is 15.7.